The Morgan fingerprint density at radius 2 is 2.33 bits per heavy atom. The summed E-state index contributed by atoms with van der Waals surface area (Å²) in [6, 6.07) is 0. The van der Waals surface area contributed by atoms with Gasteiger partial charge in [-0.3, -0.25) is 0 Å². The maximum atomic E-state index is 3.65. The normalized spacial score (nSPS) is 12.4. The van der Waals surface area contributed by atoms with Crippen LogP contribution < -0.4 is 0 Å². The van der Waals surface area contributed by atoms with Crippen molar-refractivity contribution in [3.05, 3.63) is 36.5 Å². The first-order valence-corrected chi connectivity index (χ1v) is 3.97. The molecule has 0 aliphatic heterocycles. The smallest absolute Gasteiger partial charge is 0.0282 e. The molecule has 0 nitrogen and oxygen atoms in total. The van der Waals surface area contributed by atoms with Gasteiger partial charge in [0.15, 0.2) is 0 Å². The molecule has 0 aliphatic carbocycles. The number of hydrogen-bond acceptors (Lipinski definition) is 0. The zero-order chi connectivity index (χ0) is 7.11. The lowest BCUT2D eigenvalue weighted by molar-refractivity contribution is 1.57. The van der Waals surface area contributed by atoms with Crippen molar-refractivity contribution in [2.45, 2.75) is 6.92 Å². The summed E-state index contributed by atoms with van der Waals surface area (Å²) in [5.74, 6) is 0. The van der Waals surface area contributed by atoms with Gasteiger partial charge in [0.25, 0.3) is 0 Å². The molecule has 9 heavy (non-hydrogen) atoms. The van der Waals surface area contributed by atoms with Gasteiger partial charge in [-0.05, 0) is 12.5 Å². The van der Waals surface area contributed by atoms with Crippen LogP contribution in [0, 0.1) is 0 Å². The van der Waals surface area contributed by atoms with Gasteiger partial charge in [-0.25, -0.2) is 0 Å². The Morgan fingerprint density at radius 3 is 2.67 bits per heavy atom. The highest BCUT2D eigenvalue weighted by atomic mass is 79.9. The first-order chi connectivity index (χ1) is 4.35. The summed E-state index contributed by atoms with van der Waals surface area (Å²) in [6.45, 7) is 5.64. The zero-order valence-corrected chi connectivity index (χ0v) is 7.19. The molecule has 0 N–H and O–H groups in total. The Hall–Kier alpha value is -0.300. The number of hydrogen-bond donors (Lipinski definition) is 0. The highest BCUT2D eigenvalue weighted by molar-refractivity contribution is 9.09. The van der Waals surface area contributed by atoms with Gasteiger partial charge >= 0.3 is 0 Å². The SMILES string of the molecule is C=C/C(=C\C=C/C)CBr. The number of allylic oxidation sites excluding steroid dienone is 5. The summed E-state index contributed by atoms with van der Waals surface area (Å²) in [5.41, 5.74) is 1.20. The lowest BCUT2D eigenvalue weighted by Crippen LogP contribution is -1.74. The molecule has 0 heterocycles. The second kappa shape index (κ2) is 5.83. The van der Waals surface area contributed by atoms with Crippen molar-refractivity contribution in [2.24, 2.45) is 0 Å². The predicted molar refractivity (Wildman–Crippen MR) is 46.9 cm³/mol. The van der Waals surface area contributed by atoms with Gasteiger partial charge in [0.1, 0.15) is 0 Å². The third-order valence-corrected chi connectivity index (χ3v) is 1.57. The van der Waals surface area contributed by atoms with Crippen LogP contribution in [-0.4, -0.2) is 5.33 Å². The first-order valence-electron chi connectivity index (χ1n) is 2.85. The molecule has 0 aliphatic rings. The van der Waals surface area contributed by atoms with Gasteiger partial charge in [0.05, 0.1) is 0 Å². The van der Waals surface area contributed by atoms with E-state index in [1.165, 1.54) is 5.57 Å². The molecule has 0 aromatic heterocycles. The highest BCUT2D eigenvalue weighted by Crippen LogP contribution is 1.99. The topological polar surface area (TPSA) is 0 Å². The first kappa shape index (κ1) is 8.70. The fraction of sp³-hybridized carbons (Fsp3) is 0.250. The summed E-state index contributed by atoms with van der Waals surface area (Å²) in [5, 5.41) is 0.876. The maximum Gasteiger partial charge on any atom is 0.0282 e. The molecule has 0 radical (unpaired) electrons. The van der Waals surface area contributed by atoms with Gasteiger partial charge in [0, 0.05) is 5.33 Å². The Balaban J connectivity index is 3.90. The molecule has 1 heteroatoms. The molecule has 0 saturated carbocycles. The molecule has 0 amide bonds. The molecule has 0 spiro atoms. The quantitative estimate of drug-likeness (QED) is 0.470. The van der Waals surface area contributed by atoms with Gasteiger partial charge < -0.3 is 0 Å². The van der Waals surface area contributed by atoms with E-state index in [-0.39, 0.29) is 0 Å². The Morgan fingerprint density at radius 1 is 1.67 bits per heavy atom. The van der Waals surface area contributed by atoms with Crippen LogP contribution >= 0.6 is 15.9 Å². The van der Waals surface area contributed by atoms with Crippen LogP contribution in [0.5, 0.6) is 0 Å². The average Bonchev–Trinajstić information content (AvgIpc) is 1.91. The molecule has 0 unspecified atom stereocenters. The molecular formula is C8H11Br. The van der Waals surface area contributed by atoms with E-state index in [1.54, 1.807) is 0 Å². The second-order valence-electron chi connectivity index (χ2n) is 1.61. The van der Waals surface area contributed by atoms with Crippen molar-refractivity contribution >= 4 is 15.9 Å². The monoisotopic (exact) mass is 186 g/mol. The number of alkyl halides is 1. The fourth-order valence-corrected chi connectivity index (χ4v) is 0.803. The number of rotatable bonds is 3. The third-order valence-electron chi connectivity index (χ3n) is 0.919. The van der Waals surface area contributed by atoms with E-state index in [4.69, 9.17) is 0 Å². The van der Waals surface area contributed by atoms with Gasteiger partial charge in [0.2, 0.25) is 0 Å². The Kier molecular flexibility index (Phi) is 5.64. The molecule has 0 fully saturated rings. The molecule has 50 valence electrons. The van der Waals surface area contributed by atoms with Crippen molar-refractivity contribution in [1.82, 2.24) is 0 Å². The Labute approximate surface area is 65.1 Å². The van der Waals surface area contributed by atoms with Gasteiger partial charge in [-0.2, -0.15) is 0 Å². The number of halogens is 1. The molecular weight excluding hydrogens is 176 g/mol. The van der Waals surface area contributed by atoms with E-state index in [9.17, 15) is 0 Å². The van der Waals surface area contributed by atoms with Crippen molar-refractivity contribution in [1.29, 1.82) is 0 Å². The molecule has 0 saturated heterocycles. The molecule has 0 aromatic rings. The van der Waals surface area contributed by atoms with Crippen LogP contribution in [-0.2, 0) is 0 Å². The van der Waals surface area contributed by atoms with Crippen LogP contribution in [0.2, 0.25) is 0 Å². The van der Waals surface area contributed by atoms with Gasteiger partial charge in [-0.15, -0.1) is 0 Å². The fourth-order valence-electron chi connectivity index (χ4n) is 0.387. The van der Waals surface area contributed by atoms with E-state index in [1.807, 2.05) is 31.2 Å². The standard InChI is InChI=1S/C8H11Br/c1-3-5-6-8(4-2)7-9/h3-6H,2,7H2,1H3/b5-3-,8-6+. The predicted octanol–water partition coefficient (Wildman–Crippen LogP) is 3.07. The van der Waals surface area contributed by atoms with Crippen LogP contribution in [0.3, 0.4) is 0 Å². The van der Waals surface area contributed by atoms with Crippen molar-refractivity contribution in [3.63, 3.8) is 0 Å². The van der Waals surface area contributed by atoms with E-state index >= 15 is 0 Å². The molecule has 0 rings (SSSR count). The van der Waals surface area contributed by atoms with Crippen molar-refractivity contribution in [3.8, 4) is 0 Å². The van der Waals surface area contributed by atoms with Crippen LogP contribution in [0.15, 0.2) is 36.5 Å². The summed E-state index contributed by atoms with van der Waals surface area (Å²) < 4.78 is 0. The van der Waals surface area contributed by atoms with Crippen molar-refractivity contribution in [2.75, 3.05) is 5.33 Å². The Bertz CT molecular complexity index is 132. The summed E-state index contributed by atoms with van der Waals surface area (Å²) in [6.07, 6.45) is 7.86. The average molecular weight is 187 g/mol. The van der Waals surface area contributed by atoms with Crippen LogP contribution in [0.1, 0.15) is 6.92 Å². The zero-order valence-electron chi connectivity index (χ0n) is 5.60. The van der Waals surface area contributed by atoms with E-state index in [0.717, 1.165) is 5.33 Å². The lowest BCUT2D eigenvalue weighted by atomic mass is 10.3. The summed E-state index contributed by atoms with van der Waals surface area (Å²) in [7, 11) is 0. The lowest BCUT2D eigenvalue weighted by Gasteiger charge is -1.88. The minimum Gasteiger partial charge on any atom is -0.0988 e. The van der Waals surface area contributed by atoms with Crippen LogP contribution in [0.25, 0.3) is 0 Å². The third kappa shape index (κ3) is 4.22. The summed E-state index contributed by atoms with van der Waals surface area (Å²) in [4.78, 5) is 0. The summed E-state index contributed by atoms with van der Waals surface area (Å²) >= 11 is 3.33. The van der Waals surface area contributed by atoms with E-state index in [2.05, 4.69) is 22.5 Å². The van der Waals surface area contributed by atoms with Crippen molar-refractivity contribution < 1.29 is 0 Å². The van der Waals surface area contributed by atoms with E-state index in [0.29, 0.717) is 0 Å². The highest BCUT2D eigenvalue weighted by Gasteiger charge is 1.81. The van der Waals surface area contributed by atoms with E-state index < -0.39 is 0 Å². The largest absolute Gasteiger partial charge is 0.0988 e. The molecule has 0 atom stereocenters. The maximum absolute atomic E-state index is 3.65. The van der Waals surface area contributed by atoms with Crippen LogP contribution in [0.4, 0.5) is 0 Å². The minimum absolute atomic E-state index is 0.876. The van der Waals surface area contributed by atoms with Gasteiger partial charge in [-0.1, -0.05) is 46.8 Å². The molecule has 0 aromatic carbocycles. The molecule has 0 bridgehead atoms. The minimum atomic E-state index is 0.876. The second-order valence-corrected chi connectivity index (χ2v) is 2.17.